The Kier molecular flexibility index (Phi) is 9.67. The molecular formula is C19H30FN3O5S. The molecule has 4 N–H and O–H groups in total. The largest absolute Gasteiger partial charge is 0.388 e. The van der Waals surface area contributed by atoms with Crippen LogP contribution in [-0.2, 0) is 19.6 Å². The number of aryl methyl sites for hydroxylation is 1. The molecule has 1 aromatic rings. The zero-order chi connectivity index (χ0) is 22.2. The molecule has 0 heterocycles. The zero-order valence-corrected chi connectivity index (χ0v) is 17.9. The average molecular weight is 432 g/mol. The van der Waals surface area contributed by atoms with E-state index in [0.717, 1.165) is 5.56 Å². The summed E-state index contributed by atoms with van der Waals surface area (Å²) < 4.78 is 39.3. The van der Waals surface area contributed by atoms with Crippen LogP contribution in [0.25, 0.3) is 0 Å². The van der Waals surface area contributed by atoms with Crippen LogP contribution in [0.2, 0.25) is 0 Å². The topological polar surface area (TPSA) is 125 Å². The van der Waals surface area contributed by atoms with Gasteiger partial charge in [-0.05, 0) is 38.3 Å². The molecule has 0 aliphatic heterocycles. The first-order valence-electron chi connectivity index (χ1n) is 9.36. The van der Waals surface area contributed by atoms with Gasteiger partial charge in [0.2, 0.25) is 21.8 Å². The minimum atomic E-state index is -3.86. The summed E-state index contributed by atoms with van der Waals surface area (Å²) in [6, 6.07) is 4.36. The molecule has 2 amide bonds. The molecule has 1 rings (SSSR count). The summed E-state index contributed by atoms with van der Waals surface area (Å²) in [6.07, 6.45) is -0.973. The number of hydrogen-bond donors (Lipinski definition) is 4. The van der Waals surface area contributed by atoms with Crippen LogP contribution < -0.4 is 15.4 Å². The molecule has 29 heavy (non-hydrogen) atoms. The van der Waals surface area contributed by atoms with Gasteiger partial charge in [-0.1, -0.05) is 31.5 Å². The predicted octanol–water partition coefficient (Wildman–Crippen LogP) is 0.639. The van der Waals surface area contributed by atoms with Crippen molar-refractivity contribution in [2.24, 2.45) is 5.92 Å². The zero-order valence-electron chi connectivity index (χ0n) is 17.1. The summed E-state index contributed by atoms with van der Waals surface area (Å²) in [5.74, 6) is -1.18. The van der Waals surface area contributed by atoms with Crippen LogP contribution in [0.1, 0.15) is 32.8 Å². The average Bonchev–Trinajstić information content (AvgIpc) is 2.65. The van der Waals surface area contributed by atoms with Crippen LogP contribution in [0.15, 0.2) is 29.2 Å². The van der Waals surface area contributed by atoms with Gasteiger partial charge in [-0.2, -0.15) is 0 Å². The molecule has 3 unspecified atom stereocenters. The number of halogens is 1. The van der Waals surface area contributed by atoms with E-state index in [-0.39, 0.29) is 10.8 Å². The normalized spacial score (nSPS) is 14.9. The molecule has 10 heteroatoms. The van der Waals surface area contributed by atoms with Gasteiger partial charge in [-0.25, -0.2) is 17.5 Å². The third kappa shape index (κ3) is 8.46. The van der Waals surface area contributed by atoms with Gasteiger partial charge in [0.05, 0.1) is 17.5 Å². The van der Waals surface area contributed by atoms with Crippen LogP contribution >= 0.6 is 0 Å². The highest BCUT2D eigenvalue weighted by atomic mass is 32.2. The Hall–Kier alpha value is -2.04. The highest BCUT2D eigenvalue weighted by Gasteiger charge is 2.25. The molecule has 0 fully saturated rings. The van der Waals surface area contributed by atoms with Gasteiger partial charge in [0.25, 0.3) is 0 Å². The summed E-state index contributed by atoms with van der Waals surface area (Å²) >= 11 is 0. The first-order valence-corrected chi connectivity index (χ1v) is 10.8. The number of aliphatic hydroxyl groups excluding tert-OH is 1. The molecule has 0 radical (unpaired) electrons. The first-order chi connectivity index (χ1) is 13.5. The number of benzene rings is 1. The first kappa shape index (κ1) is 25.0. The van der Waals surface area contributed by atoms with Gasteiger partial charge in [0.1, 0.15) is 18.8 Å². The predicted molar refractivity (Wildman–Crippen MR) is 107 cm³/mol. The van der Waals surface area contributed by atoms with Gasteiger partial charge in [-0.15, -0.1) is 0 Å². The molecule has 0 aromatic heterocycles. The Morgan fingerprint density at radius 1 is 1.10 bits per heavy atom. The number of rotatable bonds is 11. The van der Waals surface area contributed by atoms with Gasteiger partial charge in [-0.3, -0.25) is 9.59 Å². The van der Waals surface area contributed by atoms with E-state index in [9.17, 15) is 27.5 Å². The lowest BCUT2D eigenvalue weighted by Gasteiger charge is -2.25. The molecule has 8 nitrogen and oxygen atoms in total. The molecule has 1 aromatic carbocycles. The van der Waals surface area contributed by atoms with E-state index in [4.69, 9.17) is 0 Å². The number of sulfonamides is 1. The van der Waals surface area contributed by atoms with Gasteiger partial charge in [0, 0.05) is 0 Å². The monoisotopic (exact) mass is 431 g/mol. The Morgan fingerprint density at radius 3 is 2.21 bits per heavy atom. The summed E-state index contributed by atoms with van der Waals surface area (Å²) in [7, 11) is -3.86. The number of aliphatic hydroxyl groups is 1. The maximum Gasteiger partial charge on any atom is 0.242 e. The van der Waals surface area contributed by atoms with E-state index in [1.807, 2.05) is 20.8 Å². The molecule has 0 aliphatic carbocycles. The number of nitrogens with one attached hydrogen (secondary N) is 3. The smallest absolute Gasteiger partial charge is 0.242 e. The van der Waals surface area contributed by atoms with Crippen molar-refractivity contribution in [3.8, 4) is 0 Å². The van der Waals surface area contributed by atoms with E-state index >= 15 is 0 Å². The van der Waals surface area contributed by atoms with Crippen LogP contribution in [0, 0.1) is 12.8 Å². The maximum atomic E-state index is 12.8. The van der Waals surface area contributed by atoms with Gasteiger partial charge in [0.15, 0.2) is 0 Å². The van der Waals surface area contributed by atoms with Crippen LogP contribution in [0.4, 0.5) is 4.39 Å². The van der Waals surface area contributed by atoms with Crippen molar-refractivity contribution in [2.75, 3.05) is 13.2 Å². The summed E-state index contributed by atoms with van der Waals surface area (Å²) in [5.41, 5.74) is 0.898. The SMILES string of the molecule is Cc1ccc(S(=O)(=O)NCC(=O)NC(C)C(=O)NC(CC(C)C)C(O)CF)cc1. The molecule has 164 valence electrons. The number of carbonyl (C=O) groups is 2. The van der Waals surface area contributed by atoms with Crippen molar-refractivity contribution in [1.82, 2.24) is 15.4 Å². The van der Waals surface area contributed by atoms with Crippen molar-refractivity contribution in [3.05, 3.63) is 29.8 Å². The Labute approximate surface area is 171 Å². The second-order valence-electron chi connectivity index (χ2n) is 7.39. The number of amides is 2. The lowest BCUT2D eigenvalue weighted by molar-refractivity contribution is -0.129. The third-order valence-electron chi connectivity index (χ3n) is 4.20. The maximum absolute atomic E-state index is 12.8. The molecule has 0 spiro atoms. The fraction of sp³-hybridized carbons (Fsp3) is 0.579. The van der Waals surface area contributed by atoms with Gasteiger partial charge < -0.3 is 15.7 Å². The van der Waals surface area contributed by atoms with Gasteiger partial charge >= 0.3 is 0 Å². The number of hydrogen-bond acceptors (Lipinski definition) is 5. The lowest BCUT2D eigenvalue weighted by Crippen LogP contribution is -2.53. The summed E-state index contributed by atoms with van der Waals surface area (Å²) in [5, 5.41) is 14.6. The minimum absolute atomic E-state index is 0.0263. The number of alkyl halides is 1. The highest BCUT2D eigenvalue weighted by Crippen LogP contribution is 2.10. The molecule has 0 aliphatic rings. The standard InChI is InChI=1S/C19H30FN3O5S/c1-12(2)9-16(17(24)10-20)23-19(26)14(4)22-18(25)11-21-29(27,28)15-7-5-13(3)6-8-15/h5-8,12,14,16-17,21,24H,9-11H2,1-4H3,(H,22,25)(H,23,26). The minimum Gasteiger partial charge on any atom is -0.388 e. The molecule has 3 atom stereocenters. The molecule has 0 saturated heterocycles. The molecule has 0 saturated carbocycles. The fourth-order valence-electron chi connectivity index (χ4n) is 2.55. The van der Waals surface area contributed by atoms with E-state index in [2.05, 4.69) is 15.4 Å². The lowest BCUT2D eigenvalue weighted by atomic mass is 9.99. The second-order valence-corrected chi connectivity index (χ2v) is 9.16. The number of carbonyl (C=O) groups excluding carboxylic acids is 2. The second kappa shape index (κ2) is 11.2. The quantitative estimate of drug-likeness (QED) is 0.409. The van der Waals surface area contributed by atoms with Crippen molar-refractivity contribution in [1.29, 1.82) is 0 Å². The van der Waals surface area contributed by atoms with Crippen LogP contribution in [0.3, 0.4) is 0 Å². The van der Waals surface area contributed by atoms with E-state index in [1.54, 1.807) is 12.1 Å². The third-order valence-corrected chi connectivity index (χ3v) is 5.62. The molecule has 0 bridgehead atoms. The van der Waals surface area contributed by atoms with Crippen molar-refractivity contribution in [3.63, 3.8) is 0 Å². The fourth-order valence-corrected chi connectivity index (χ4v) is 3.54. The summed E-state index contributed by atoms with van der Waals surface area (Å²) in [6.45, 7) is 5.43. The highest BCUT2D eigenvalue weighted by molar-refractivity contribution is 7.89. The molecular weight excluding hydrogens is 401 g/mol. The van der Waals surface area contributed by atoms with E-state index in [0.29, 0.717) is 6.42 Å². The van der Waals surface area contributed by atoms with E-state index in [1.165, 1.54) is 19.1 Å². The van der Waals surface area contributed by atoms with Crippen molar-refractivity contribution >= 4 is 21.8 Å². The summed E-state index contributed by atoms with van der Waals surface area (Å²) in [4.78, 5) is 24.3. The Morgan fingerprint density at radius 2 is 1.69 bits per heavy atom. The van der Waals surface area contributed by atoms with Crippen molar-refractivity contribution in [2.45, 2.75) is 57.2 Å². The van der Waals surface area contributed by atoms with Crippen LogP contribution in [0.5, 0.6) is 0 Å². The Balaban J connectivity index is 2.59. The van der Waals surface area contributed by atoms with Crippen molar-refractivity contribution < 1.29 is 27.5 Å². The van der Waals surface area contributed by atoms with E-state index < -0.39 is 53.2 Å². The van der Waals surface area contributed by atoms with Crippen LogP contribution in [-0.4, -0.2) is 56.7 Å². The Bertz CT molecular complexity index is 784.